The summed E-state index contributed by atoms with van der Waals surface area (Å²) in [6.45, 7) is 7.35. The van der Waals surface area contributed by atoms with E-state index in [2.05, 4.69) is 27.8 Å². The van der Waals surface area contributed by atoms with Gasteiger partial charge in [-0.15, -0.1) is 0 Å². The molecular formula is C18H24ClN3O. The Morgan fingerprint density at radius 3 is 2.70 bits per heavy atom. The summed E-state index contributed by atoms with van der Waals surface area (Å²) in [5.74, 6) is 0. The molecular weight excluding hydrogens is 310 g/mol. The highest BCUT2D eigenvalue weighted by molar-refractivity contribution is 6.35. The van der Waals surface area contributed by atoms with Crippen molar-refractivity contribution in [2.45, 2.75) is 25.9 Å². The van der Waals surface area contributed by atoms with Gasteiger partial charge >= 0.3 is 0 Å². The first-order valence-corrected chi connectivity index (χ1v) is 8.70. The van der Waals surface area contributed by atoms with Crippen molar-refractivity contribution >= 4 is 22.5 Å². The van der Waals surface area contributed by atoms with Gasteiger partial charge in [-0.3, -0.25) is 14.8 Å². The topological polar surface area (TPSA) is 39.6 Å². The summed E-state index contributed by atoms with van der Waals surface area (Å²) < 4.78 is 0. The van der Waals surface area contributed by atoms with Crippen LogP contribution < -0.4 is 0 Å². The van der Waals surface area contributed by atoms with Crippen LogP contribution in [0.1, 0.15) is 18.9 Å². The maximum Gasteiger partial charge on any atom is 0.0761 e. The summed E-state index contributed by atoms with van der Waals surface area (Å²) in [6.07, 6.45) is 2.83. The van der Waals surface area contributed by atoms with E-state index in [4.69, 9.17) is 11.6 Å². The van der Waals surface area contributed by atoms with Crippen LogP contribution in [0.25, 0.3) is 10.9 Å². The molecule has 1 aromatic heterocycles. The molecule has 3 rings (SSSR count). The molecule has 0 radical (unpaired) electrons. The van der Waals surface area contributed by atoms with Crippen LogP contribution in [0.4, 0.5) is 0 Å². The number of hydrogen-bond acceptors (Lipinski definition) is 4. The monoisotopic (exact) mass is 333 g/mol. The van der Waals surface area contributed by atoms with Crippen molar-refractivity contribution in [3.63, 3.8) is 0 Å². The predicted octanol–water partition coefficient (Wildman–Crippen LogP) is 2.78. The third-order valence-corrected chi connectivity index (χ3v) is 5.13. The minimum absolute atomic E-state index is 0.252. The van der Waals surface area contributed by atoms with Crippen molar-refractivity contribution in [1.82, 2.24) is 14.8 Å². The van der Waals surface area contributed by atoms with Gasteiger partial charge in [0.15, 0.2) is 0 Å². The molecule has 0 saturated carbocycles. The van der Waals surface area contributed by atoms with Crippen molar-refractivity contribution < 1.29 is 5.11 Å². The number of hydrogen-bond donors (Lipinski definition) is 1. The molecule has 5 heteroatoms. The van der Waals surface area contributed by atoms with Gasteiger partial charge < -0.3 is 5.11 Å². The fraction of sp³-hybridized carbons (Fsp3) is 0.500. The lowest BCUT2D eigenvalue weighted by molar-refractivity contribution is 0.0609. The Kier molecular flexibility index (Phi) is 5.49. The maximum atomic E-state index is 9.45. The first kappa shape index (κ1) is 16.7. The number of fused-ring (bicyclic) bond motifs is 1. The highest BCUT2D eigenvalue weighted by atomic mass is 35.5. The van der Waals surface area contributed by atoms with E-state index >= 15 is 0 Å². The summed E-state index contributed by atoms with van der Waals surface area (Å²) in [4.78, 5) is 9.38. The SMILES string of the molecule is CCC(CO)N1CCN(Cc2ccc(Cl)c3cccnc23)CC1. The quantitative estimate of drug-likeness (QED) is 0.913. The van der Waals surface area contributed by atoms with Gasteiger partial charge in [0, 0.05) is 55.4 Å². The average molecular weight is 334 g/mol. The van der Waals surface area contributed by atoms with Crippen molar-refractivity contribution in [2.75, 3.05) is 32.8 Å². The Morgan fingerprint density at radius 2 is 2.00 bits per heavy atom. The molecule has 0 spiro atoms. The van der Waals surface area contributed by atoms with E-state index in [0.29, 0.717) is 6.04 Å². The Morgan fingerprint density at radius 1 is 1.22 bits per heavy atom. The maximum absolute atomic E-state index is 9.45. The molecule has 1 fully saturated rings. The molecule has 0 aliphatic carbocycles. The molecule has 0 bridgehead atoms. The molecule has 1 aliphatic heterocycles. The second kappa shape index (κ2) is 7.58. The highest BCUT2D eigenvalue weighted by Gasteiger charge is 2.22. The zero-order chi connectivity index (χ0) is 16.2. The fourth-order valence-corrected chi connectivity index (χ4v) is 3.57. The van der Waals surface area contributed by atoms with E-state index in [9.17, 15) is 5.11 Å². The van der Waals surface area contributed by atoms with E-state index < -0.39 is 0 Å². The van der Waals surface area contributed by atoms with Crippen LogP contribution in [0.2, 0.25) is 5.02 Å². The van der Waals surface area contributed by atoms with E-state index in [0.717, 1.165) is 55.1 Å². The molecule has 0 amide bonds. The van der Waals surface area contributed by atoms with Crippen molar-refractivity contribution in [1.29, 1.82) is 0 Å². The number of rotatable bonds is 5. The lowest BCUT2D eigenvalue weighted by Gasteiger charge is -2.38. The molecule has 23 heavy (non-hydrogen) atoms. The molecule has 1 unspecified atom stereocenters. The van der Waals surface area contributed by atoms with E-state index in [1.807, 2.05) is 24.4 Å². The molecule has 2 heterocycles. The number of pyridine rings is 1. The molecule has 2 aromatic rings. The van der Waals surface area contributed by atoms with Gasteiger partial charge in [-0.2, -0.15) is 0 Å². The summed E-state index contributed by atoms with van der Waals surface area (Å²) in [5.41, 5.74) is 2.23. The second-order valence-electron chi connectivity index (χ2n) is 6.16. The van der Waals surface area contributed by atoms with Crippen LogP contribution in [0.5, 0.6) is 0 Å². The van der Waals surface area contributed by atoms with Gasteiger partial charge in [0.2, 0.25) is 0 Å². The zero-order valence-electron chi connectivity index (χ0n) is 13.6. The summed E-state index contributed by atoms with van der Waals surface area (Å²) in [6, 6.07) is 8.31. The number of nitrogens with zero attached hydrogens (tertiary/aromatic N) is 3. The molecule has 1 aromatic carbocycles. The third kappa shape index (κ3) is 3.66. The molecule has 1 atom stereocenters. The Hall–Kier alpha value is -1.20. The number of aromatic nitrogens is 1. The van der Waals surface area contributed by atoms with Gasteiger partial charge in [0.1, 0.15) is 0 Å². The normalized spacial score (nSPS) is 18.4. The lowest BCUT2D eigenvalue weighted by atomic mass is 10.1. The lowest BCUT2D eigenvalue weighted by Crippen LogP contribution is -2.50. The molecule has 1 aliphatic rings. The van der Waals surface area contributed by atoms with Crippen LogP contribution >= 0.6 is 11.6 Å². The van der Waals surface area contributed by atoms with Gasteiger partial charge in [-0.1, -0.05) is 24.6 Å². The zero-order valence-corrected chi connectivity index (χ0v) is 14.3. The van der Waals surface area contributed by atoms with E-state index in [1.54, 1.807) is 0 Å². The molecule has 1 N–H and O–H groups in total. The largest absolute Gasteiger partial charge is 0.395 e. The molecule has 4 nitrogen and oxygen atoms in total. The average Bonchev–Trinajstić information content (AvgIpc) is 2.60. The number of benzene rings is 1. The number of aliphatic hydroxyl groups is 1. The molecule has 1 saturated heterocycles. The van der Waals surface area contributed by atoms with Gasteiger partial charge in [-0.05, 0) is 30.2 Å². The first-order valence-electron chi connectivity index (χ1n) is 8.32. The van der Waals surface area contributed by atoms with E-state index in [-0.39, 0.29) is 6.61 Å². The first-order chi connectivity index (χ1) is 11.2. The molecule has 124 valence electrons. The minimum Gasteiger partial charge on any atom is -0.395 e. The fourth-order valence-electron chi connectivity index (χ4n) is 3.35. The Labute approximate surface area is 142 Å². The van der Waals surface area contributed by atoms with Crippen LogP contribution in [0.3, 0.4) is 0 Å². The minimum atomic E-state index is 0.252. The van der Waals surface area contributed by atoms with Gasteiger partial charge in [-0.25, -0.2) is 0 Å². The van der Waals surface area contributed by atoms with Crippen LogP contribution in [0.15, 0.2) is 30.5 Å². The standard InChI is InChI=1S/C18H24ClN3O/c1-2-15(13-23)22-10-8-21(9-11-22)12-14-5-6-17(19)16-4-3-7-20-18(14)16/h3-7,15,23H,2,8-13H2,1H3. The third-order valence-electron chi connectivity index (χ3n) is 4.80. The predicted molar refractivity (Wildman–Crippen MR) is 94.8 cm³/mol. The number of halogens is 1. The van der Waals surface area contributed by atoms with Crippen molar-refractivity contribution in [3.05, 3.63) is 41.0 Å². The summed E-state index contributed by atoms with van der Waals surface area (Å²) in [7, 11) is 0. The van der Waals surface area contributed by atoms with Gasteiger partial charge in [0.05, 0.1) is 12.1 Å². The van der Waals surface area contributed by atoms with E-state index in [1.165, 1.54) is 5.56 Å². The smallest absolute Gasteiger partial charge is 0.0761 e. The van der Waals surface area contributed by atoms with Crippen LogP contribution in [-0.2, 0) is 6.54 Å². The van der Waals surface area contributed by atoms with Gasteiger partial charge in [0.25, 0.3) is 0 Å². The Balaban J connectivity index is 1.69. The number of aliphatic hydroxyl groups excluding tert-OH is 1. The summed E-state index contributed by atoms with van der Waals surface area (Å²) in [5, 5.41) is 11.2. The van der Waals surface area contributed by atoms with Crippen molar-refractivity contribution in [3.8, 4) is 0 Å². The van der Waals surface area contributed by atoms with Crippen molar-refractivity contribution in [2.24, 2.45) is 0 Å². The Bertz CT molecular complexity index is 652. The second-order valence-corrected chi connectivity index (χ2v) is 6.57. The highest BCUT2D eigenvalue weighted by Crippen LogP contribution is 2.26. The number of piperazine rings is 1. The van der Waals surface area contributed by atoms with Crippen LogP contribution in [-0.4, -0.2) is 58.7 Å². The van der Waals surface area contributed by atoms with Crippen LogP contribution in [0, 0.1) is 0 Å². The summed E-state index contributed by atoms with van der Waals surface area (Å²) >= 11 is 6.27.